The summed E-state index contributed by atoms with van der Waals surface area (Å²) in [5, 5.41) is 13.9. The van der Waals surface area contributed by atoms with Crippen LogP contribution in [0.15, 0.2) is 48.8 Å². The van der Waals surface area contributed by atoms with E-state index >= 15 is 0 Å². The molecule has 27 heavy (non-hydrogen) atoms. The van der Waals surface area contributed by atoms with E-state index in [9.17, 15) is 9.59 Å². The molecule has 3 rings (SSSR count). The summed E-state index contributed by atoms with van der Waals surface area (Å²) < 4.78 is 6.64. The first-order valence-corrected chi connectivity index (χ1v) is 8.50. The molecule has 0 fully saturated rings. The van der Waals surface area contributed by atoms with Gasteiger partial charge < -0.3 is 10.1 Å². The highest BCUT2D eigenvalue weighted by atomic mass is 35.5. The predicted molar refractivity (Wildman–Crippen MR) is 99.1 cm³/mol. The molecule has 2 aromatic carbocycles. The molecule has 0 aliphatic rings. The van der Waals surface area contributed by atoms with E-state index < -0.39 is 18.0 Å². The smallest absolute Gasteiger partial charge is 0.338 e. The van der Waals surface area contributed by atoms with Crippen LogP contribution in [0.5, 0.6) is 0 Å². The molecule has 8 nitrogen and oxygen atoms in total. The normalized spacial score (nSPS) is 11.7. The molecule has 1 heterocycles. The average molecular weight is 406 g/mol. The van der Waals surface area contributed by atoms with Crippen LogP contribution in [0.25, 0.3) is 5.69 Å². The minimum Gasteiger partial charge on any atom is -0.449 e. The summed E-state index contributed by atoms with van der Waals surface area (Å²) in [6.45, 7) is 1.46. The van der Waals surface area contributed by atoms with Crippen molar-refractivity contribution in [2.24, 2.45) is 0 Å². The van der Waals surface area contributed by atoms with Gasteiger partial charge in [-0.1, -0.05) is 29.3 Å². The van der Waals surface area contributed by atoms with Crippen molar-refractivity contribution in [3.63, 3.8) is 0 Å². The molecular formula is C17H13Cl2N5O3. The van der Waals surface area contributed by atoms with Gasteiger partial charge in [0.25, 0.3) is 5.91 Å². The molecule has 138 valence electrons. The zero-order valence-electron chi connectivity index (χ0n) is 14.0. The SMILES string of the molecule is CC(OC(=O)c1ccc(-n2cnnn2)cc1)C(=O)Nc1cccc(Cl)c1Cl. The third-order valence-corrected chi connectivity index (χ3v) is 4.40. The Morgan fingerprint density at radius 2 is 1.89 bits per heavy atom. The van der Waals surface area contributed by atoms with Crippen LogP contribution in [0.2, 0.25) is 10.0 Å². The van der Waals surface area contributed by atoms with E-state index in [1.54, 1.807) is 42.5 Å². The highest BCUT2D eigenvalue weighted by molar-refractivity contribution is 6.44. The zero-order chi connectivity index (χ0) is 19.4. The average Bonchev–Trinajstić information content (AvgIpc) is 3.20. The zero-order valence-corrected chi connectivity index (χ0v) is 15.5. The van der Waals surface area contributed by atoms with Gasteiger partial charge in [0.1, 0.15) is 6.33 Å². The first-order valence-electron chi connectivity index (χ1n) is 7.75. The number of carbonyl (C=O) groups excluding carboxylic acids is 2. The lowest BCUT2D eigenvalue weighted by molar-refractivity contribution is -0.123. The number of nitrogens with one attached hydrogen (secondary N) is 1. The molecule has 0 bridgehead atoms. The van der Waals surface area contributed by atoms with Crippen molar-refractivity contribution in [2.45, 2.75) is 13.0 Å². The molecule has 3 aromatic rings. The molecule has 0 saturated carbocycles. The van der Waals surface area contributed by atoms with E-state index in [0.29, 0.717) is 16.4 Å². The minimum atomic E-state index is -1.04. The van der Waals surface area contributed by atoms with Crippen LogP contribution in [0, 0.1) is 0 Å². The maximum absolute atomic E-state index is 12.2. The summed E-state index contributed by atoms with van der Waals surface area (Å²) in [7, 11) is 0. The summed E-state index contributed by atoms with van der Waals surface area (Å²) in [6, 6.07) is 11.3. The lowest BCUT2D eigenvalue weighted by Crippen LogP contribution is -2.30. The van der Waals surface area contributed by atoms with Crippen molar-refractivity contribution in [3.05, 3.63) is 64.4 Å². The quantitative estimate of drug-likeness (QED) is 0.654. The number of ether oxygens (including phenoxy) is 1. The second-order valence-corrected chi connectivity index (χ2v) is 6.22. The van der Waals surface area contributed by atoms with Crippen LogP contribution in [-0.4, -0.2) is 38.2 Å². The number of anilines is 1. The Morgan fingerprint density at radius 3 is 2.56 bits per heavy atom. The van der Waals surface area contributed by atoms with Gasteiger partial charge in [-0.05, 0) is 53.7 Å². The molecule has 1 N–H and O–H groups in total. The van der Waals surface area contributed by atoms with Crippen LogP contribution >= 0.6 is 23.2 Å². The molecule has 1 aromatic heterocycles. The molecule has 1 amide bonds. The maximum Gasteiger partial charge on any atom is 0.338 e. The van der Waals surface area contributed by atoms with Crippen molar-refractivity contribution < 1.29 is 14.3 Å². The Morgan fingerprint density at radius 1 is 1.15 bits per heavy atom. The van der Waals surface area contributed by atoms with Gasteiger partial charge in [0, 0.05) is 0 Å². The van der Waals surface area contributed by atoms with Crippen LogP contribution in [0.3, 0.4) is 0 Å². The van der Waals surface area contributed by atoms with Gasteiger partial charge in [0.05, 0.1) is 27.0 Å². The van der Waals surface area contributed by atoms with E-state index in [-0.39, 0.29) is 10.6 Å². The fourth-order valence-corrected chi connectivity index (χ4v) is 2.49. The Balaban J connectivity index is 1.63. The number of nitrogens with zero attached hydrogens (tertiary/aromatic N) is 4. The number of hydrogen-bond acceptors (Lipinski definition) is 6. The second kappa shape index (κ2) is 8.15. The number of rotatable bonds is 5. The number of hydrogen-bond donors (Lipinski definition) is 1. The topological polar surface area (TPSA) is 99.0 Å². The molecule has 0 saturated heterocycles. The fraction of sp³-hybridized carbons (Fsp3) is 0.118. The molecule has 0 aliphatic heterocycles. The second-order valence-electron chi connectivity index (χ2n) is 5.44. The summed E-state index contributed by atoms with van der Waals surface area (Å²) in [6.07, 6.45) is 0.396. The van der Waals surface area contributed by atoms with Crippen LogP contribution < -0.4 is 5.32 Å². The standard InChI is InChI=1S/C17H13Cl2N5O3/c1-10(16(25)21-14-4-2-3-13(18)15(14)19)27-17(26)11-5-7-12(8-6-11)24-9-20-22-23-24/h2-10H,1H3,(H,21,25). The van der Waals surface area contributed by atoms with Gasteiger partial charge in [0.15, 0.2) is 6.10 Å². The highest BCUT2D eigenvalue weighted by Gasteiger charge is 2.20. The largest absolute Gasteiger partial charge is 0.449 e. The number of tetrazole rings is 1. The van der Waals surface area contributed by atoms with Crippen molar-refractivity contribution in [1.29, 1.82) is 0 Å². The molecule has 10 heteroatoms. The fourth-order valence-electron chi connectivity index (χ4n) is 2.15. The van der Waals surface area contributed by atoms with Crippen molar-refractivity contribution in [1.82, 2.24) is 20.2 Å². The van der Waals surface area contributed by atoms with E-state index in [2.05, 4.69) is 20.8 Å². The molecule has 1 unspecified atom stereocenters. The Kier molecular flexibility index (Phi) is 5.68. The molecular weight excluding hydrogens is 393 g/mol. The van der Waals surface area contributed by atoms with E-state index in [4.69, 9.17) is 27.9 Å². The number of esters is 1. The third kappa shape index (κ3) is 4.42. The van der Waals surface area contributed by atoms with Gasteiger partial charge in [-0.2, -0.15) is 0 Å². The molecule has 0 aliphatic carbocycles. The summed E-state index contributed by atoms with van der Waals surface area (Å²) >= 11 is 11.9. The summed E-state index contributed by atoms with van der Waals surface area (Å²) in [4.78, 5) is 24.5. The maximum atomic E-state index is 12.2. The number of halogens is 2. The van der Waals surface area contributed by atoms with Crippen LogP contribution in [0.4, 0.5) is 5.69 Å². The Labute approximate surface area is 164 Å². The predicted octanol–water partition coefficient (Wildman–Crippen LogP) is 3.15. The highest BCUT2D eigenvalue weighted by Crippen LogP contribution is 2.29. The third-order valence-electron chi connectivity index (χ3n) is 3.58. The molecule has 0 radical (unpaired) electrons. The van der Waals surface area contributed by atoms with Gasteiger partial charge >= 0.3 is 5.97 Å². The van der Waals surface area contributed by atoms with Gasteiger partial charge in [0.2, 0.25) is 0 Å². The van der Waals surface area contributed by atoms with Gasteiger partial charge in [-0.25, -0.2) is 9.48 Å². The number of carbonyl (C=O) groups is 2. The monoisotopic (exact) mass is 405 g/mol. The summed E-state index contributed by atoms with van der Waals surface area (Å²) in [5.74, 6) is -1.17. The van der Waals surface area contributed by atoms with Gasteiger partial charge in [-0.3, -0.25) is 4.79 Å². The van der Waals surface area contributed by atoms with E-state index in [1.165, 1.54) is 17.9 Å². The van der Waals surface area contributed by atoms with Gasteiger partial charge in [-0.15, -0.1) is 5.10 Å². The molecule has 0 spiro atoms. The van der Waals surface area contributed by atoms with E-state index in [0.717, 1.165) is 0 Å². The van der Waals surface area contributed by atoms with Crippen molar-refractivity contribution in [3.8, 4) is 5.69 Å². The number of amides is 1. The lowest BCUT2D eigenvalue weighted by atomic mass is 10.2. The number of benzene rings is 2. The number of aromatic nitrogens is 4. The first kappa shape index (κ1) is 18.8. The molecule has 1 atom stereocenters. The van der Waals surface area contributed by atoms with E-state index in [1.807, 2.05) is 0 Å². The Hall–Kier alpha value is -2.97. The minimum absolute atomic E-state index is 0.212. The van der Waals surface area contributed by atoms with Crippen molar-refractivity contribution in [2.75, 3.05) is 5.32 Å². The first-order chi connectivity index (χ1) is 13.0. The van der Waals surface area contributed by atoms with Crippen molar-refractivity contribution >= 4 is 40.8 Å². The Bertz CT molecular complexity index is 961. The lowest BCUT2D eigenvalue weighted by Gasteiger charge is -2.14. The van der Waals surface area contributed by atoms with Crippen LogP contribution in [0.1, 0.15) is 17.3 Å². The van der Waals surface area contributed by atoms with Crippen LogP contribution in [-0.2, 0) is 9.53 Å². The summed E-state index contributed by atoms with van der Waals surface area (Å²) in [5.41, 5.74) is 1.30.